The van der Waals surface area contributed by atoms with Crippen LogP contribution in [0.15, 0.2) is 0 Å². The molecule has 0 spiro atoms. The molecule has 1 heterocycles. The summed E-state index contributed by atoms with van der Waals surface area (Å²) in [4.78, 5) is 26.4. The van der Waals surface area contributed by atoms with Gasteiger partial charge in [-0.05, 0) is 25.3 Å². The van der Waals surface area contributed by atoms with Gasteiger partial charge in [-0.1, -0.05) is 6.92 Å². The first-order valence-electron chi connectivity index (χ1n) is 6.35. The minimum atomic E-state index is -0.376. The number of carbonyl (C=O) groups excluding carboxylic acids is 2. The van der Waals surface area contributed by atoms with Crippen molar-refractivity contribution in [2.45, 2.75) is 25.8 Å². The van der Waals surface area contributed by atoms with Gasteiger partial charge in [0.15, 0.2) is 0 Å². The SMILES string of the molecule is CC(CNC1CC1)CN1CCN(C)C(=O)C1=O. The quantitative estimate of drug-likeness (QED) is 0.669. The first kappa shape index (κ1) is 12.4. The van der Waals surface area contributed by atoms with Crippen molar-refractivity contribution in [1.29, 1.82) is 0 Å². The maximum Gasteiger partial charge on any atom is 0.312 e. The van der Waals surface area contributed by atoms with Gasteiger partial charge in [-0.15, -0.1) is 0 Å². The summed E-state index contributed by atoms with van der Waals surface area (Å²) in [5.41, 5.74) is 0. The number of carbonyl (C=O) groups is 2. The third-order valence-electron chi connectivity index (χ3n) is 3.39. The zero-order chi connectivity index (χ0) is 12.4. The summed E-state index contributed by atoms with van der Waals surface area (Å²) in [6.45, 7) is 5.03. The topological polar surface area (TPSA) is 52.6 Å². The van der Waals surface area contributed by atoms with Crippen LogP contribution in [0.4, 0.5) is 0 Å². The number of hydrogen-bond acceptors (Lipinski definition) is 3. The third-order valence-corrected chi connectivity index (χ3v) is 3.39. The number of rotatable bonds is 5. The van der Waals surface area contributed by atoms with Gasteiger partial charge >= 0.3 is 11.8 Å². The second-order valence-electron chi connectivity index (χ2n) is 5.27. The van der Waals surface area contributed by atoms with Crippen LogP contribution in [0.1, 0.15) is 19.8 Å². The van der Waals surface area contributed by atoms with E-state index >= 15 is 0 Å². The molecular formula is C12H21N3O2. The van der Waals surface area contributed by atoms with Crippen LogP contribution in [0.3, 0.4) is 0 Å². The number of nitrogens with zero attached hydrogens (tertiary/aromatic N) is 2. The first-order valence-corrected chi connectivity index (χ1v) is 6.35. The van der Waals surface area contributed by atoms with E-state index in [9.17, 15) is 9.59 Å². The fraction of sp³-hybridized carbons (Fsp3) is 0.833. The second kappa shape index (κ2) is 5.04. The van der Waals surface area contributed by atoms with Gasteiger partial charge in [0.1, 0.15) is 0 Å². The molecule has 0 aromatic carbocycles. The summed E-state index contributed by atoms with van der Waals surface area (Å²) in [7, 11) is 1.68. The van der Waals surface area contributed by atoms with Crippen molar-refractivity contribution in [3.05, 3.63) is 0 Å². The number of hydrogen-bond donors (Lipinski definition) is 1. The van der Waals surface area contributed by atoms with Crippen molar-refractivity contribution in [3.63, 3.8) is 0 Å². The minimum absolute atomic E-state index is 0.350. The highest BCUT2D eigenvalue weighted by atomic mass is 16.2. The van der Waals surface area contributed by atoms with Gasteiger partial charge in [-0.25, -0.2) is 0 Å². The molecular weight excluding hydrogens is 218 g/mol. The van der Waals surface area contributed by atoms with Crippen LogP contribution >= 0.6 is 0 Å². The highest BCUT2D eigenvalue weighted by Gasteiger charge is 2.31. The van der Waals surface area contributed by atoms with Gasteiger partial charge in [-0.2, -0.15) is 0 Å². The molecule has 1 atom stereocenters. The number of likely N-dealkylation sites (N-methyl/N-ethyl adjacent to an activating group) is 1. The molecule has 1 saturated carbocycles. The van der Waals surface area contributed by atoms with Crippen molar-refractivity contribution >= 4 is 11.8 Å². The van der Waals surface area contributed by atoms with Crippen molar-refractivity contribution in [2.24, 2.45) is 5.92 Å². The van der Waals surface area contributed by atoms with Crippen LogP contribution in [-0.2, 0) is 9.59 Å². The summed E-state index contributed by atoms with van der Waals surface area (Å²) in [6.07, 6.45) is 2.55. The normalized spacial score (nSPS) is 23.2. The fourth-order valence-corrected chi connectivity index (χ4v) is 2.04. The molecule has 17 heavy (non-hydrogen) atoms. The fourth-order valence-electron chi connectivity index (χ4n) is 2.04. The number of piperazine rings is 1. The van der Waals surface area contributed by atoms with Gasteiger partial charge in [0, 0.05) is 32.7 Å². The number of nitrogens with one attached hydrogen (secondary N) is 1. The van der Waals surface area contributed by atoms with E-state index < -0.39 is 0 Å². The molecule has 1 unspecified atom stereocenters. The lowest BCUT2D eigenvalue weighted by Gasteiger charge is -2.33. The van der Waals surface area contributed by atoms with Crippen molar-refractivity contribution in [3.8, 4) is 0 Å². The van der Waals surface area contributed by atoms with Gasteiger partial charge in [0.2, 0.25) is 0 Å². The van der Waals surface area contributed by atoms with Crippen molar-refractivity contribution < 1.29 is 9.59 Å². The highest BCUT2D eigenvalue weighted by Crippen LogP contribution is 2.19. The van der Waals surface area contributed by atoms with Crippen LogP contribution in [0, 0.1) is 5.92 Å². The van der Waals surface area contributed by atoms with Crippen LogP contribution in [0.2, 0.25) is 0 Å². The maximum atomic E-state index is 11.7. The molecule has 1 aliphatic carbocycles. The average Bonchev–Trinajstić information content (AvgIpc) is 3.11. The van der Waals surface area contributed by atoms with E-state index in [0.717, 1.165) is 6.54 Å². The molecule has 2 fully saturated rings. The van der Waals surface area contributed by atoms with Crippen molar-refractivity contribution in [1.82, 2.24) is 15.1 Å². The Morgan fingerprint density at radius 1 is 1.29 bits per heavy atom. The first-order chi connectivity index (χ1) is 8.08. The summed E-state index contributed by atoms with van der Waals surface area (Å²) in [6, 6.07) is 0.697. The molecule has 2 amide bonds. The Balaban J connectivity index is 1.77. The molecule has 1 N–H and O–H groups in total. The standard InChI is InChI=1S/C12H21N3O2/c1-9(7-13-10-3-4-10)8-15-6-5-14(2)11(16)12(15)17/h9-10,13H,3-8H2,1-2H3. The van der Waals surface area contributed by atoms with Crippen LogP contribution in [-0.4, -0.2) is 60.9 Å². The van der Waals surface area contributed by atoms with Crippen LogP contribution in [0.5, 0.6) is 0 Å². The Kier molecular flexibility index (Phi) is 3.66. The lowest BCUT2D eigenvalue weighted by Crippen LogP contribution is -2.54. The van der Waals surface area contributed by atoms with Crippen LogP contribution in [0.25, 0.3) is 0 Å². The molecule has 0 aromatic rings. The summed E-state index contributed by atoms with van der Waals surface area (Å²) in [5.74, 6) is -0.327. The predicted molar refractivity (Wildman–Crippen MR) is 64.4 cm³/mol. The Morgan fingerprint density at radius 3 is 2.65 bits per heavy atom. The molecule has 5 heteroatoms. The van der Waals surface area contributed by atoms with Gasteiger partial charge in [0.05, 0.1) is 0 Å². The zero-order valence-electron chi connectivity index (χ0n) is 10.6. The van der Waals surface area contributed by atoms with E-state index in [1.807, 2.05) is 0 Å². The van der Waals surface area contributed by atoms with E-state index in [0.29, 0.717) is 31.6 Å². The third kappa shape index (κ3) is 3.19. The molecule has 2 aliphatic rings. The van der Waals surface area contributed by atoms with Gasteiger partial charge in [0.25, 0.3) is 0 Å². The van der Waals surface area contributed by atoms with Gasteiger partial charge in [-0.3, -0.25) is 9.59 Å². The van der Waals surface area contributed by atoms with Crippen LogP contribution < -0.4 is 5.32 Å². The minimum Gasteiger partial charge on any atom is -0.336 e. The van der Waals surface area contributed by atoms with E-state index in [1.54, 1.807) is 11.9 Å². The lowest BCUT2D eigenvalue weighted by atomic mass is 10.1. The molecule has 0 aromatic heterocycles. The van der Waals surface area contributed by atoms with E-state index in [4.69, 9.17) is 0 Å². The van der Waals surface area contributed by atoms with E-state index in [-0.39, 0.29) is 11.8 Å². The Bertz CT molecular complexity index is 315. The molecule has 96 valence electrons. The Morgan fingerprint density at radius 2 is 2.00 bits per heavy atom. The highest BCUT2D eigenvalue weighted by molar-refractivity contribution is 6.35. The van der Waals surface area contributed by atoms with E-state index in [2.05, 4.69) is 12.2 Å². The maximum absolute atomic E-state index is 11.7. The smallest absolute Gasteiger partial charge is 0.312 e. The summed E-state index contributed by atoms with van der Waals surface area (Å²) >= 11 is 0. The molecule has 5 nitrogen and oxygen atoms in total. The molecule has 0 radical (unpaired) electrons. The number of amides is 2. The average molecular weight is 239 g/mol. The molecule has 0 bridgehead atoms. The lowest BCUT2D eigenvalue weighted by molar-refractivity contribution is -0.155. The second-order valence-corrected chi connectivity index (χ2v) is 5.27. The predicted octanol–water partition coefficient (Wildman–Crippen LogP) is -0.325. The van der Waals surface area contributed by atoms with E-state index in [1.165, 1.54) is 17.7 Å². The van der Waals surface area contributed by atoms with Crippen molar-refractivity contribution in [2.75, 3.05) is 33.2 Å². The summed E-state index contributed by atoms with van der Waals surface area (Å²) < 4.78 is 0. The monoisotopic (exact) mass is 239 g/mol. The Hall–Kier alpha value is -1.10. The zero-order valence-corrected chi connectivity index (χ0v) is 10.6. The molecule has 1 saturated heterocycles. The molecule has 2 rings (SSSR count). The van der Waals surface area contributed by atoms with Gasteiger partial charge < -0.3 is 15.1 Å². The molecule has 1 aliphatic heterocycles. The largest absolute Gasteiger partial charge is 0.336 e. The summed E-state index contributed by atoms with van der Waals surface area (Å²) in [5, 5.41) is 3.45. The Labute approximate surface area is 102 Å².